The smallest absolute Gasteiger partial charge is 0.411 e. The van der Waals surface area contributed by atoms with Crippen molar-refractivity contribution in [2.45, 2.75) is 46.4 Å². The Balaban J connectivity index is 2.65. The molecule has 0 aliphatic rings. The van der Waals surface area contributed by atoms with Crippen molar-refractivity contribution in [3.05, 3.63) is 29.8 Å². The highest BCUT2D eigenvalue weighted by Crippen LogP contribution is 2.51. The second-order valence-electron chi connectivity index (χ2n) is 5.05. The molecule has 0 heterocycles. The number of anilines is 1. The molecule has 0 saturated carbocycles. The van der Waals surface area contributed by atoms with E-state index in [2.05, 4.69) is 5.32 Å². The Kier molecular flexibility index (Phi) is 8.31. The summed E-state index contributed by atoms with van der Waals surface area (Å²) in [6, 6.07) is 7.03. The number of hydrogen-bond acceptors (Lipinski definition) is 5. The zero-order valence-corrected chi connectivity index (χ0v) is 15.1. The Hall–Kier alpha value is -1.36. The predicted octanol–water partition coefficient (Wildman–Crippen LogP) is 4.80. The Bertz CT molecular complexity index is 522. The molecule has 1 unspecified atom stereocenters. The highest BCUT2D eigenvalue weighted by molar-refractivity contribution is 7.53. The third kappa shape index (κ3) is 7.16. The molecule has 0 aromatic heterocycles. The van der Waals surface area contributed by atoms with E-state index in [0.29, 0.717) is 18.9 Å². The molecule has 0 saturated heterocycles. The molecule has 1 amide bonds. The first-order valence-electron chi connectivity index (χ1n) is 7.87. The first kappa shape index (κ1) is 19.7. The highest BCUT2D eigenvalue weighted by Gasteiger charge is 2.23. The van der Waals surface area contributed by atoms with Gasteiger partial charge in [0.2, 0.25) is 0 Å². The van der Waals surface area contributed by atoms with Crippen LogP contribution in [0.25, 0.3) is 0 Å². The molecule has 0 radical (unpaired) electrons. The van der Waals surface area contributed by atoms with Crippen molar-refractivity contribution in [1.29, 1.82) is 0 Å². The zero-order valence-electron chi connectivity index (χ0n) is 14.2. The lowest BCUT2D eigenvalue weighted by molar-refractivity contribution is 0.118. The van der Waals surface area contributed by atoms with Gasteiger partial charge in [0, 0.05) is 5.69 Å². The lowest BCUT2D eigenvalue weighted by Crippen LogP contribution is -2.19. The number of amides is 1. The molecule has 1 atom stereocenters. The third-order valence-electron chi connectivity index (χ3n) is 3.11. The summed E-state index contributed by atoms with van der Waals surface area (Å²) in [6.45, 7) is 8.00. The molecule has 23 heavy (non-hydrogen) atoms. The number of carbonyl (C=O) groups is 1. The molecule has 1 rings (SSSR count). The van der Waals surface area contributed by atoms with Gasteiger partial charge in [-0.1, -0.05) is 19.1 Å². The van der Waals surface area contributed by atoms with Gasteiger partial charge in [0.15, 0.2) is 0 Å². The molecular weight excluding hydrogens is 317 g/mol. The molecule has 0 spiro atoms. The van der Waals surface area contributed by atoms with E-state index in [0.717, 1.165) is 12.0 Å². The lowest BCUT2D eigenvalue weighted by atomic mass is 10.2. The van der Waals surface area contributed by atoms with E-state index in [4.69, 9.17) is 13.8 Å². The quantitative estimate of drug-likeness (QED) is 0.652. The monoisotopic (exact) mass is 343 g/mol. The van der Waals surface area contributed by atoms with Crippen molar-refractivity contribution in [3.8, 4) is 0 Å². The largest absolute Gasteiger partial charge is 0.446 e. The van der Waals surface area contributed by atoms with Crippen LogP contribution >= 0.6 is 7.60 Å². The number of ether oxygens (including phenoxy) is 1. The summed E-state index contributed by atoms with van der Waals surface area (Å²) >= 11 is 0. The van der Waals surface area contributed by atoms with E-state index >= 15 is 0 Å². The Morgan fingerprint density at radius 3 is 2.17 bits per heavy atom. The fourth-order valence-corrected chi connectivity index (χ4v) is 3.55. The van der Waals surface area contributed by atoms with Crippen LogP contribution in [0, 0.1) is 0 Å². The van der Waals surface area contributed by atoms with Gasteiger partial charge < -0.3 is 13.8 Å². The van der Waals surface area contributed by atoms with Crippen molar-refractivity contribution < 1.29 is 23.1 Å². The van der Waals surface area contributed by atoms with Crippen molar-refractivity contribution in [2.24, 2.45) is 0 Å². The molecular formula is C16H26NO5P. The number of carbonyl (C=O) groups excluding carboxylic acids is 1. The summed E-state index contributed by atoms with van der Waals surface area (Å²) in [4.78, 5) is 11.6. The minimum Gasteiger partial charge on any atom is -0.446 e. The summed E-state index contributed by atoms with van der Waals surface area (Å²) in [5.41, 5.74) is 1.43. The first-order chi connectivity index (χ1) is 10.9. The van der Waals surface area contributed by atoms with Crippen LogP contribution in [-0.4, -0.2) is 25.4 Å². The highest BCUT2D eigenvalue weighted by atomic mass is 31.2. The molecule has 0 fully saturated rings. The maximum atomic E-state index is 12.5. The number of benzene rings is 1. The van der Waals surface area contributed by atoms with Gasteiger partial charge in [0.05, 0.1) is 19.4 Å². The summed E-state index contributed by atoms with van der Waals surface area (Å²) in [5, 5.41) is 2.65. The fraction of sp³-hybridized carbons (Fsp3) is 0.562. The number of nitrogens with one attached hydrogen (secondary N) is 1. The standard InChI is InChI=1S/C16H26NO5P/c1-5-13(4)22-16(18)17-15-10-8-14(9-11-15)12-23(19,20-6-2)21-7-3/h8-11,13H,5-7,12H2,1-4H3,(H,17,18). The van der Waals surface area contributed by atoms with Gasteiger partial charge in [-0.3, -0.25) is 9.88 Å². The Morgan fingerprint density at radius 2 is 1.70 bits per heavy atom. The summed E-state index contributed by atoms with van der Waals surface area (Å²) in [7, 11) is -3.12. The molecule has 7 heteroatoms. The van der Waals surface area contributed by atoms with E-state index in [-0.39, 0.29) is 12.3 Å². The molecule has 0 aliphatic heterocycles. The average Bonchev–Trinajstić information content (AvgIpc) is 2.49. The van der Waals surface area contributed by atoms with E-state index in [9.17, 15) is 9.36 Å². The minimum atomic E-state index is -3.12. The Labute approximate surface area is 138 Å². The van der Waals surface area contributed by atoms with E-state index < -0.39 is 13.7 Å². The summed E-state index contributed by atoms with van der Waals surface area (Å²) in [5.74, 6) is 0. The van der Waals surface area contributed by atoms with Crippen LogP contribution < -0.4 is 5.32 Å². The van der Waals surface area contributed by atoms with Crippen molar-refractivity contribution >= 4 is 19.4 Å². The third-order valence-corrected chi connectivity index (χ3v) is 5.17. The van der Waals surface area contributed by atoms with Crippen LogP contribution in [0.5, 0.6) is 0 Å². The molecule has 0 bridgehead atoms. The molecule has 1 N–H and O–H groups in total. The van der Waals surface area contributed by atoms with Gasteiger partial charge in [-0.15, -0.1) is 0 Å². The van der Waals surface area contributed by atoms with E-state index in [1.54, 1.807) is 38.1 Å². The number of rotatable bonds is 9. The average molecular weight is 343 g/mol. The van der Waals surface area contributed by atoms with E-state index in [1.165, 1.54) is 0 Å². The van der Waals surface area contributed by atoms with Gasteiger partial charge in [0.25, 0.3) is 0 Å². The van der Waals surface area contributed by atoms with Crippen molar-refractivity contribution in [2.75, 3.05) is 18.5 Å². The lowest BCUT2D eigenvalue weighted by Gasteiger charge is -2.17. The minimum absolute atomic E-state index is 0.127. The van der Waals surface area contributed by atoms with Crippen LogP contribution in [0.15, 0.2) is 24.3 Å². The Morgan fingerprint density at radius 1 is 1.13 bits per heavy atom. The molecule has 1 aromatic rings. The maximum Gasteiger partial charge on any atom is 0.411 e. The maximum absolute atomic E-state index is 12.5. The number of hydrogen-bond donors (Lipinski definition) is 1. The van der Waals surface area contributed by atoms with E-state index in [1.807, 2.05) is 13.8 Å². The van der Waals surface area contributed by atoms with Gasteiger partial charge in [-0.2, -0.15) is 0 Å². The molecule has 0 aliphatic carbocycles. The predicted molar refractivity (Wildman–Crippen MR) is 90.9 cm³/mol. The van der Waals surface area contributed by atoms with Crippen LogP contribution in [0.2, 0.25) is 0 Å². The SMILES string of the molecule is CCOP(=O)(Cc1ccc(NC(=O)OC(C)CC)cc1)OCC. The van der Waals surface area contributed by atoms with Crippen molar-refractivity contribution in [1.82, 2.24) is 0 Å². The summed E-state index contributed by atoms with van der Waals surface area (Å²) < 4.78 is 28.1. The molecule has 1 aromatic carbocycles. The van der Waals surface area contributed by atoms with Gasteiger partial charge in [-0.25, -0.2) is 4.79 Å². The second kappa shape index (κ2) is 9.71. The second-order valence-corrected chi connectivity index (χ2v) is 7.11. The van der Waals surface area contributed by atoms with Gasteiger partial charge in [-0.05, 0) is 44.9 Å². The zero-order chi connectivity index (χ0) is 17.3. The van der Waals surface area contributed by atoms with Crippen LogP contribution in [-0.2, 0) is 24.5 Å². The normalized spacial score (nSPS) is 12.7. The van der Waals surface area contributed by atoms with Gasteiger partial charge >= 0.3 is 13.7 Å². The van der Waals surface area contributed by atoms with Crippen LogP contribution in [0.1, 0.15) is 39.7 Å². The van der Waals surface area contributed by atoms with Crippen LogP contribution in [0.3, 0.4) is 0 Å². The summed E-state index contributed by atoms with van der Waals surface area (Å²) in [6.07, 6.45) is 0.349. The van der Waals surface area contributed by atoms with Crippen LogP contribution in [0.4, 0.5) is 10.5 Å². The van der Waals surface area contributed by atoms with Gasteiger partial charge in [0.1, 0.15) is 6.10 Å². The van der Waals surface area contributed by atoms with Crippen molar-refractivity contribution in [3.63, 3.8) is 0 Å². The molecule has 6 nitrogen and oxygen atoms in total. The fourth-order valence-electron chi connectivity index (χ4n) is 1.85. The topological polar surface area (TPSA) is 73.9 Å². The molecule has 130 valence electrons. The first-order valence-corrected chi connectivity index (χ1v) is 9.59.